The van der Waals surface area contributed by atoms with Crippen LogP contribution in [-0.4, -0.2) is 45.3 Å². The van der Waals surface area contributed by atoms with E-state index < -0.39 is 0 Å². The van der Waals surface area contributed by atoms with E-state index in [1.165, 1.54) is 0 Å². The lowest BCUT2D eigenvalue weighted by atomic mass is 10.3. The largest absolute Gasteiger partial charge is 0.421 e. The van der Waals surface area contributed by atoms with Gasteiger partial charge in [-0.1, -0.05) is 0 Å². The van der Waals surface area contributed by atoms with Crippen LogP contribution in [-0.2, 0) is 6.54 Å². The standard InChI is InChI=1S/C12H15N3O3/c16-9-3-5-14(8-9)6-7-15-11-10(18-12(15)17)2-1-4-13-11/h1-2,4,9,16H,3,5-8H2. The van der Waals surface area contributed by atoms with Crippen LogP contribution in [0.15, 0.2) is 27.5 Å². The molecule has 18 heavy (non-hydrogen) atoms. The molecule has 2 aromatic rings. The van der Waals surface area contributed by atoms with Crippen molar-refractivity contribution in [3.63, 3.8) is 0 Å². The molecule has 0 amide bonds. The van der Waals surface area contributed by atoms with Gasteiger partial charge < -0.3 is 9.52 Å². The number of oxazole rings is 1. The maximum atomic E-state index is 11.7. The molecule has 2 aromatic heterocycles. The first-order valence-electron chi connectivity index (χ1n) is 6.09. The van der Waals surface area contributed by atoms with Gasteiger partial charge in [0.1, 0.15) is 0 Å². The Balaban J connectivity index is 1.78. The molecule has 3 rings (SSSR count). The zero-order valence-electron chi connectivity index (χ0n) is 9.95. The molecular weight excluding hydrogens is 234 g/mol. The molecule has 1 fully saturated rings. The number of nitrogens with zero attached hydrogens (tertiary/aromatic N) is 3. The molecule has 0 bridgehead atoms. The topological polar surface area (TPSA) is 71.5 Å². The summed E-state index contributed by atoms with van der Waals surface area (Å²) in [6.45, 7) is 2.81. The number of fused-ring (bicyclic) bond motifs is 1. The number of β-amino-alcohol motifs (C(OH)–C–C–N with tert-alkyl or cyclic N) is 1. The van der Waals surface area contributed by atoms with Crippen molar-refractivity contribution in [3.8, 4) is 0 Å². The van der Waals surface area contributed by atoms with Crippen LogP contribution in [0.3, 0.4) is 0 Å². The van der Waals surface area contributed by atoms with Crippen LogP contribution in [0.5, 0.6) is 0 Å². The molecule has 1 atom stereocenters. The molecule has 1 N–H and O–H groups in total. The van der Waals surface area contributed by atoms with E-state index in [1.54, 1.807) is 22.9 Å². The number of hydrogen-bond donors (Lipinski definition) is 1. The normalized spacial score (nSPS) is 20.8. The van der Waals surface area contributed by atoms with Crippen LogP contribution in [0.1, 0.15) is 6.42 Å². The van der Waals surface area contributed by atoms with E-state index in [-0.39, 0.29) is 11.9 Å². The van der Waals surface area contributed by atoms with E-state index in [9.17, 15) is 9.90 Å². The first-order valence-corrected chi connectivity index (χ1v) is 6.09. The fourth-order valence-electron chi connectivity index (χ4n) is 2.35. The van der Waals surface area contributed by atoms with Gasteiger partial charge in [-0.05, 0) is 18.6 Å². The summed E-state index contributed by atoms with van der Waals surface area (Å²) in [5.74, 6) is -0.372. The summed E-state index contributed by atoms with van der Waals surface area (Å²) < 4.78 is 6.65. The van der Waals surface area contributed by atoms with Gasteiger partial charge in [0.2, 0.25) is 0 Å². The van der Waals surface area contributed by atoms with Crippen molar-refractivity contribution in [2.75, 3.05) is 19.6 Å². The number of aliphatic hydroxyl groups excluding tert-OH is 1. The molecule has 1 aliphatic heterocycles. The lowest BCUT2D eigenvalue weighted by molar-refractivity contribution is 0.175. The summed E-state index contributed by atoms with van der Waals surface area (Å²) >= 11 is 0. The Bertz CT molecular complexity index is 604. The minimum atomic E-state index is -0.372. The molecule has 6 heteroatoms. The average molecular weight is 249 g/mol. The number of aliphatic hydroxyl groups is 1. The lowest BCUT2D eigenvalue weighted by Crippen LogP contribution is -2.28. The third-order valence-corrected chi connectivity index (χ3v) is 3.31. The monoisotopic (exact) mass is 249 g/mol. The van der Waals surface area contributed by atoms with Gasteiger partial charge in [-0.15, -0.1) is 0 Å². The van der Waals surface area contributed by atoms with Gasteiger partial charge in [0.05, 0.1) is 6.10 Å². The predicted octanol–water partition coefficient (Wildman–Crippen LogP) is 0.0561. The van der Waals surface area contributed by atoms with Crippen LogP contribution in [0.25, 0.3) is 11.2 Å². The third kappa shape index (κ3) is 2.04. The average Bonchev–Trinajstić information content (AvgIpc) is 2.90. The van der Waals surface area contributed by atoms with Gasteiger partial charge in [0.25, 0.3) is 0 Å². The van der Waals surface area contributed by atoms with E-state index in [4.69, 9.17) is 4.42 Å². The molecule has 0 spiro atoms. The molecule has 1 unspecified atom stereocenters. The summed E-state index contributed by atoms with van der Waals surface area (Å²) in [5, 5.41) is 9.44. The summed E-state index contributed by atoms with van der Waals surface area (Å²) in [4.78, 5) is 18.0. The molecular formula is C12H15N3O3. The van der Waals surface area contributed by atoms with E-state index >= 15 is 0 Å². The SMILES string of the molecule is O=c1oc2cccnc2n1CCN1CCC(O)C1. The Labute approximate surface area is 103 Å². The quantitative estimate of drug-likeness (QED) is 0.832. The molecule has 3 heterocycles. The summed E-state index contributed by atoms with van der Waals surface area (Å²) in [7, 11) is 0. The van der Waals surface area contributed by atoms with E-state index in [0.29, 0.717) is 24.3 Å². The highest BCUT2D eigenvalue weighted by Crippen LogP contribution is 2.11. The fraction of sp³-hybridized carbons (Fsp3) is 0.500. The number of aromatic nitrogens is 2. The number of likely N-dealkylation sites (tertiary alicyclic amines) is 1. The van der Waals surface area contributed by atoms with Gasteiger partial charge in [-0.3, -0.25) is 9.47 Å². The Morgan fingerprint density at radius 3 is 3.17 bits per heavy atom. The van der Waals surface area contributed by atoms with Crippen LogP contribution >= 0.6 is 0 Å². The highest BCUT2D eigenvalue weighted by atomic mass is 16.4. The van der Waals surface area contributed by atoms with Crippen LogP contribution in [0, 0.1) is 0 Å². The Hall–Kier alpha value is -1.66. The van der Waals surface area contributed by atoms with Crippen molar-refractivity contribution >= 4 is 11.2 Å². The molecule has 0 saturated carbocycles. The predicted molar refractivity (Wildman–Crippen MR) is 65.3 cm³/mol. The van der Waals surface area contributed by atoms with Gasteiger partial charge in [0.15, 0.2) is 11.2 Å². The minimum Gasteiger partial charge on any atom is -0.406 e. The second kappa shape index (κ2) is 4.55. The van der Waals surface area contributed by atoms with Crippen LogP contribution in [0.2, 0.25) is 0 Å². The van der Waals surface area contributed by atoms with Crippen molar-refractivity contribution in [2.24, 2.45) is 0 Å². The van der Waals surface area contributed by atoms with Gasteiger partial charge in [0, 0.05) is 32.4 Å². The van der Waals surface area contributed by atoms with Crippen molar-refractivity contribution in [1.82, 2.24) is 14.5 Å². The zero-order chi connectivity index (χ0) is 12.5. The van der Waals surface area contributed by atoms with E-state index in [2.05, 4.69) is 9.88 Å². The Kier molecular flexibility index (Phi) is 2.89. The molecule has 0 aromatic carbocycles. The highest BCUT2D eigenvalue weighted by molar-refractivity contribution is 5.67. The van der Waals surface area contributed by atoms with E-state index in [0.717, 1.165) is 19.5 Å². The van der Waals surface area contributed by atoms with E-state index in [1.807, 2.05) is 0 Å². The van der Waals surface area contributed by atoms with Gasteiger partial charge in [-0.2, -0.15) is 0 Å². The van der Waals surface area contributed by atoms with Crippen LogP contribution in [0.4, 0.5) is 0 Å². The molecule has 0 aliphatic carbocycles. The van der Waals surface area contributed by atoms with Gasteiger partial charge in [-0.25, -0.2) is 9.78 Å². The van der Waals surface area contributed by atoms with Crippen LogP contribution < -0.4 is 5.76 Å². The molecule has 1 aliphatic rings. The Morgan fingerprint density at radius 1 is 1.50 bits per heavy atom. The maximum Gasteiger partial charge on any atom is 0.421 e. The maximum absolute atomic E-state index is 11.7. The highest BCUT2D eigenvalue weighted by Gasteiger charge is 2.20. The molecule has 0 radical (unpaired) electrons. The zero-order valence-corrected chi connectivity index (χ0v) is 9.95. The summed E-state index contributed by atoms with van der Waals surface area (Å²) in [6, 6.07) is 3.48. The lowest BCUT2D eigenvalue weighted by Gasteiger charge is -2.14. The second-order valence-corrected chi connectivity index (χ2v) is 4.59. The first-order chi connectivity index (χ1) is 8.74. The molecule has 1 saturated heterocycles. The smallest absolute Gasteiger partial charge is 0.406 e. The van der Waals surface area contributed by atoms with Crippen molar-refractivity contribution in [2.45, 2.75) is 19.1 Å². The number of pyridine rings is 1. The fourth-order valence-corrected chi connectivity index (χ4v) is 2.35. The molecule has 6 nitrogen and oxygen atoms in total. The number of hydrogen-bond acceptors (Lipinski definition) is 5. The minimum absolute atomic E-state index is 0.235. The first kappa shape index (κ1) is 11.4. The van der Waals surface area contributed by atoms with Gasteiger partial charge >= 0.3 is 5.76 Å². The second-order valence-electron chi connectivity index (χ2n) is 4.59. The van der Waals surface area contributed by atoms with Crippen molar-refractivity contribution in [1.29, 1.82) is 0 Å². The number of rotatable bonds is 3. The molecule has 96 valence electrons. The Morgan fingerprint density at radius 2 is 2.39 bits per heavy atom. The summed E-state index contributed by atoms with van der Waals surface area (Å²) in [6.07, 6.45) is 2.22. The third-order valence-electron chi connectivity index (χ3n) is 3.31. The van der Waals surface area contributed by atoms with Crippen molar-refractivity contribution < 1.29 is 9.52 Å². The van der Waals surface area contributed by atoms with Crippen molar-refractivity contribution in [3.05, 3.63) is 28.9 Å². The summed E-state index contributed by atoms with van der Waals surface area (Å²) in [5.41, 5.74) is 1.10.